The summed E-state index contributed by atoms with van der Waals surface area (Å²) in [6.07, 6.45) is 3.04. The van der Waals surface area contributed by atoms with Crippen LogP contribution in [0.2, 0.25) is 0 Å². The number of aromatic nitrogens is 3. The van der Waals surface area contributed by atoms with Crippen LogP contribution in [0.15, 0.2) is 71.9 Å². The fourth-order valence-electron chi connectivity index (χ4n) is 3.79. The number of nitrogens with zero attached hydrogens (tertiary/aromatic N) is 4. The van der Waals surface area contributed by atoms with E-state index in [-0.39, 0.29) is 23.5 Å². The first kappa shape index (κ1) is 20.3. The molecule has 4 aromatic rings. The molecule has 8 nitrogen and oxygen atoms in total. The van der Waals surface area contributed by atoms with Gasteiger partial charge in [-0.3, -0.25) is 9.78 Å². The average Bonchev–Trinajstić information content (AvgIpc) is 3.38. The number of pyridine rings is 1. The molecular weight excluding hydrogens is 433 g/mol. The summed E-state index contributed by atoms with van der Waals surface area (Å²) in [5.41, 5.74) is 7.85. The zero-order chi connectivity index (χ0) is 22.5. The molecule has 32 heavy (non-hydrogen) atoms. The molecule has 0 saturated heterocycles. The second-order valence-electron chi connectivity index (χ2n) is 7.53. The first-order valence-electron chi connectivity index (χ1n) is 9.81. The monoisotopic (exact) mass is 451 g/mol. The Morgan fingerprint density at radius 2 is 1.91 bits per heavy atom. The Morgan fingerprint density at radius 3 is 2.69 bits per heavy atom. The molecule has 0 aliphatic carbocycles. The molecule has 2 aromatic heterocycles. The highest BCUT2D eigenvalue weighted by Gasteiger charge is 2.32. The van der Waals surface area contributed by atoms with Crippen molar-refractivity contribution in [3.63, 3.8) is 0 Å². The number of amides is 1. The van der Waals surface area contributed by atoms with Crippen LogP contribution < -0.4 is 5.73 Å². The minimum Gasteiger partial charge on any atom is -0.331 e. The van der Waals surface area contributed by atoms with Crippen molar-refractivity contribution in [3.05, 3.63) is 89.6 Å². The summed E-state index contributed by atoms with van der Waals surface area (Å²) in [6, 6.07) is 12.9. The molecule has 5 rings (SSSR count). The van der Waals surface area contributed by atoms with Gasteiger partial charge in [-0.05, 0) is 30.3 Å². The molecule has 1 aliphatic heterocycles. The molecule has 1 atom stereocenters. The number of carbonyl (C=O) groups is 1. The zero-order valence-corrected chi connectivity index (χ0v) is 17.5. The molecule has 0 radical (unpaired) electrons. The molecule has 0 bridgehead atoms. The lowest BCUT2D eigenvalue weighted by Crippen LogP contribution is -2.35. The van der Waals surface area contributed by atoms with Crippen LogP contribution in [0, 0.1) is 5.82 Å². The van der Waals surface area contributed by atoms with Crippen molar-refractivity contribution >= 4 is 26.8 Å². The van der Waals surface area contributed by atoms with Gasteiger partial charge in [0.15, 0.2) is 0 Å². The van der Waals surface area contributed by atoms with E-state index in [9.17, 15) is 17.6 Å². The highest BCUT2D eigenvalue weighted by molar-refractivity contribution is 7.89. The van der Waals surface area contributed by atoms with E-state index in [2.05, 4.69) is 10.1 Å². The van der Waals surface area contributed by atoms with Crippen LogP contribution in [0.1, 0.15) is 22.9 Å². The van der Waals surface area contributed by atoms with Gasteiger partial charge in [-0.2, -0.15) is 17.6 Å². The maximum absolute atomic E-state index is 14.0. The van der Waals surface area contributed by atoms with Gasteiger partial charge in [-0.1, -0.05) is 24.3 Å². The van der Waals surface area contributed by atoms with Crippen molar-refractivity contribution < 1.29 is 17.6 Å². The van der Waals surface area contributed by atoms with E-state index in [4.69, 9.17) is 5.73 Å². The number of halogens is 1. The molecule has 1 aliphatic rings. The van der Waals surface area contributed by atoms with Crippen LogP contribution in [-0.4, -0.2) is 33.4 Å². The van der Waals surface area contributed by atoms with Crippen LogP contribution in [-0.2, 0) is 27.9 Å². The molecule has 0 saturated carbocycles. The van der Waals surface area contributed by atoms with Crippen molar-refractivity contribution in [2.75, 3.05) is 0 Å². The predicted molar refractivity (Wildman–Crippen MR) is 114 cm³/mol. The van der Waals surface area contributed by atoms with Gasteiger partial charge < -0.3 is 10.6 Å². The van der Waals surface area contributed by atoms with Crippen LogP contribution in [0.3, 0.4) is 0 Å². The summed E-state index contributed by atoms with van der Waals surface area (Å²) in [5, 5.41) is 4.91. The second kappa shape index (κ2) is 7.50. The number of nitrogens with two attached hydrogens (primary N) is 1. The lowest BCUT2D eigenvalue weighted by molar-refractivity contribution is -0.133. The maximum atomic E-state index is 14.0. The van der Waals surface area contributed by atoms with Crippen molar-refractivity contribution in [2.24, 2.45) is 5.73 Å². The predicted octanol–water partition coefficient (Wildman–Crippen LogP) is 2.35. The number of benzene rings is 2. The molecule has 2 N–H and O–H groups in total. The largest absolute Gasteiger partial charge is 0.331 e. The Bertz CT molecular complexity index is 1440. The third-order valence-electron chi connectivity index (χ3n) is 5.49. The Labute approximate surface area is 183 Å². The third kappa shape index (κ3) is 3.33. The van der Waals surface area contributed by atoms with Gasteiger partial charge in [0.2, 0.25) is 5.91 Å². The van der Waals surface area contributed by atoms with E-state index < -0.39 is 27.8 Å². The number of hydrogen-bond acceptors (Lipinski definition) is 6. The molecule has 3 heterocycles. The Kier molecular flexibility index (Phi) is 4.75. The lowest BCUT2D eigenvalue weighted by Gasteiger charge is -2.21. The molecular formula is C22H18FN5O3S. The normalized spacial score (nSPS) is 14.5. The van der Waals surface area contributed by atoms with Crippen LogP contribution in [0.5, 0.6) is 0 Å². The summed E-state index contributed by atoms with van der Waals surface area (Å²) >= 11 is 0. The molecule has 10 heteroatoms. The minimum absolute atomic E-state index is 0.0914. The van der Waals surface area contributed by atoms with Gasteiger partial charge in [0, 0.05) is 35.5 Å². The van der Waals surface area contributed by atoms with E-state index in [1.165, 1.54) is 35.4 Å². The standard InChI is InChI=1S/C22H18FN5O3S/c23-18-6-2-1-5-17(18)21(24)22(29)27-11-15-12-28(26-20(15)13-27)32(30,31)16-7-8-19-14(10-16)4-3-9-25-19/h1-10,12,21H,11,13,24H2/t21-/m1/s1. The van der Waals surface area contributed by atoms with Gasteiger partial charge in [0.05, 0.1) is 22.7 Å². The highest BCUT2D eigenvalue weighted by Crippen LogP contribution is 2.27. The summed E-state index contributed by atoms with van der Waals surface area (Å²) in [5.74, 6) is -1.00. The number of rotatable bonds is 4. The van der Waals surface area contributed by atoms with Gasteiger partial charge in [0.1, 0.15) is 11.9 Å². The summed E-state index contributed by atoms with van der Waals surface area (Å²) < 4.78 is 41.1. The first-order valence-corrected chi connectivity index (χ1v) is 11.3. The highest BCUT2D eigenvalue weighted by atomic mass is 32.2. The van der Waals surface area contributed by atoms with Gasteiger partial charge in [0.25, 0.3) is 10.0 Å². The first-order chi connectivity index (χ1) is 15.3. The summed E-state index contributed by atoms with van der Waals surface area (Å²) in [4.78, 5) is 18.5. The topological polar surface area (TPSA) is 111 Å². The van der Waals surface area contributed by atoms with Gasteiger partial charge in [-0.25, -0.2) is 4.39 Å². The second-order valence-corrected chi connectivity index (χ2v) is 9.33. The van der Waals surface area contributed by atoms with Crippen molar-refractivity contribution in [1.82, 2.24) is 19.1 Å². The van der Waals surface area contributed by atoms with E-state index in [1.807, 2.05) is 0 Å². The number of hydrogen-bond donors (Lipinski definition) is 1. The van der Waals surface area contributed by atoms with Crippen molar-refractivity contribution in [3.8, 4) is 0 Å². The third-order valence-corrected chi connectivity index (χ3v) is 7.02. The van der Waals surface area contributed by atoms with Gasteiger partial charge >= 0.3 is 0 Å². The SMILES string of the molecule is N[C@@H](C(=O)N1Cc2cn(S(=O)(=O)c3ccc4ncccc4c3)nc2C1)c1ccccc1F. The van der Waals surface area contributed by atoms with E-state index >= 15 is 0 Å². The van der Waals surface area contributed by atoms with Crippen molar-refractivity contribution in [2.45, 2.75) is 24.0 Å². The molecule has 1 amide bonds. The Balaban J connectivity index is 1.38. The van der Waals surface area contributed by atoms with Crippen LogP contribution >= 0.6 is 0 Å². The maximum Gasteiger partial charge on any atom is 0.282 e. The smallest absolute Gasteiger partial charge is 0.282 e. The Morgan fingerprint density at radius 1 is 1.09 bits per heavy atom. The zero-order valence-electron chi connectivity index (χ0n) is 16.7. The van der Waals surface area contributed by atoms with Crippen LogP contribution in [0.25, 0.3) is 10.9 Å². The molecule has 0 unspecified atom stereocenters. The van der Waals surface area contributed by atoms with E-state index in [1.54, 1.807) is 36.5 Å². The molecule has 0 spiro atoms. The minimum atomic E-state index is -3.91. The summed E-state index contributed by atoms with van der Waals surface area (Å²) in [6.45, 7) is 0.244. The number of carbonyl (C=O) groups excluding carboxylic acids is 1. The number of fused-ring (bicyclic) bond motifs is 2. The molecule has 2 aromatic carbocycles. The van der Waals surface area contributed by atoms with Gasteiger partial charge in [-0.15, -0.1) is 0 Å². The molecule has 162 valence electrons. The fourth-order valence-corrected chi connectivity index (χ4v) is 4.99. The molecule has 0 fully saturated rings. The average molecular weight is 451 g/mol. The summed E-state index contributed by atoms with van der Waals surface area (Å²) in [7, 11) is -3.91. The van der Waals surface area contributed by atoms with Crippen molar-refractivity contribution in [1.29, 1.82) is 0 Å². The quantitative estimate of drug-likeness (QED) is 0.510. The fraction of sp³-hybridized carbons (Fsp3) is 0.136. The van der Waals surface area contributed by atoms with Crippen LogP contribution in [0.4, 0.5) is 4.39 Å². The van der Waals surface area contributed by atoms with E-state index in [0.717, 1.165) is 4.09 Å². The van der Waals surface area contributed by atoms with E-state index in [0.29, 0.717) is 22.2 Å². The Hall–Kier alpha value is -3.63. The lowest BCUT2D eigenvalue weighted by atomic mass is 10.1.